The number of hydrogen-bond acceptors (Lipinski definition) is 3. The van der Waals surface area contributed by atoms with E-state index < -0.39 is 0 Å². The van der Waals surface area contributed by atoms with E-state index in [0.29, 0.717) is 6.54 Å². The highest BCUT2D eigenvalue weighted by Gasteiger charge is 2.20. The van der Waals surface area contributed by atoms with Crippen LogP contribution in [-0.4, -0.2) is 23.9 Å². The van der Waals surface area contributed by atoms with Crippen LogP contribution in [0, 0.1) is 0 Å². The second-order valence-corrected chi connectivity index (χ2v) is 8.00. The number of nitrogens with zero attached hydrogens (tertiary/aromatic N) is 1. The molecular weight excluding hydrogens is 364 g/mol. The third kappa shape index (κ3) is 4.52. The van der Waals surface area contributed by atoms with E-state index in [2.05, 4.69) is 5.32 Å². The Balaban J connectivity index is 1.71. The SMILES string of the molecule is C[C@H](C(=O)Nc1ccccc1-c1ccccc1)N(C)Cc1ccc(Cl)s1. The Hall–Kier alpha value is -2.14. The zero-order valence-corrected chi connectivity index (χ0v) is 16.3. The number of hydrogen-bond donors (Lipinski definition) is 1. The van der Waals surface area contributed by atoms with Gasteiger partial charge in [0.05, 0.1) is 10.4 Å². The van der Waals surface area contributed by atoms with Crippen LogP contribution in [-0.2, 0) is 11.3 Å². The van der Waals surface area contributed by atoms with Gasteiger partial charge in [0, 0.05) is 22.7 Å². The molecule has 0 aliphatic rings. The van der Waals surface area contributed by atoms with Gasteiger partial charge in [-0.05, 0) is 37.7 Å². The first-order valence-electron chi connectivity index (χ1n) is 8.44. The number of anilines is 1. The molecule has 0 radical (unpaired) electrons. The normalized spacial score (nSPS) is 12.2. The van der Waals surface area contributed by atoms with Crippen molar-refractivity contribution in [2.24, 2.45) is 0 Å². The first-order chi connectivity index (χ1) is 12.5. The van der Waals surface area contributed by atoms with Gasteiger partial charge in [0.15, 0.2) is 0 Å². The summed E-state index contributed by atoms with van der Waals surface area (Å²) in [6.07, 6.45) is 0. The smallest absolute Gasteiger partial charge is 0.241 e. The molecule has 3 aromatic rings. The van der Waals surface area contributed by atoms with E-state index in [1.807, 2.05) is 85.6 Å². The third-order valence-electron chi connectivity index (χ3n) is 4.34. The number of carbonyl (C=O) groups excluding carboxylic acids is 1. The average Bonchev–Trinajstić information content (AvgIpc) is 3.07. The molecular formula is C21H21ClN2OS. The summed E-state index contributed by atoms with van der Waals surface area (Å²) < 4.78 is 0.766. The second-order valence-electron chi connectivity index (χ2n) is 6.20. The fourth-order valence-corrected chi connectivity index (χ4v) is 3.87. The molecule has 2 aromatic carbocycles. The van der Waals surface area contributed by atoms with E-state index in [0.717, 1.165) is 26.0 Å². The topological polar surface area (TPSA) is 32.3 Å². The van der Waals surface area contributed by atoms with Crippen molar-refractivity contribution in [3.63, 3.8) is 0 Å². The first kappa shape index (κ1) is 18.6. The fourth-order valence-electron chi connectivity index (χ4n) is 2.72. The number of para-hydroxylation sites is 1. The van der Waals surface area contributed by atoms with Crippen molar-refractivity contribution in [3.8, 4) is 11.1 Å². The maximum absolute atomic E-state index is 12.8. The lowest BCUT2D eigenvalue weighted by atomic mass is 10.0. The lowest BCUT2D eigenvalue weighted by Crippen LogP contribution is -2.39. The molecule has 3 rings (SSSR count). The van der Waals surface area contributed by atoms with Gasteiger partial charge in [-0.25, -0.2) is 0 Å². The van der Waals surface area contributed by atoms with Gasteiger partial charge in [0.25, 0.3) is 0 Å². The summed E-state index contributed by atoms with van der Waals surface area (Å²) in [5, 5.41) is 3.08. The second kappa shape index (κ2) is 8.49. The molecule has 0 fully saturated rings. The fraction of sp³-hybridized carbons (Fsp3) is 0.190. The monoisotopic (exact) mass is 384 g/mol. The number of halogens is 1. The van der Waals surface area contributed by atoms with Gasteiger partial charge < -0.3 is 5.32 Å². The van der Waals surface area contributed by atoms with Crippen LogP contribution in [0.15, 0.2) is 66.7 Å². The molecule has 1 atom stereocenters. The van der Waals surface area contributed by atoms with E-state index in [4.69, 9.17) is 11.6 Å². The molecule has 1 N–H and O–H groups in total. The third-order valence-corrected chi connectivity index (χ3v) is 5.56. The molecule has 0 aliphatic carbocycles. The summed E-state index contributed by atoms with van der Waals surface area (Å²) in [4.78, 5) is 15.9. The first-order valence-corrected chi connectivity index (χ1v) is 9.64. The van der Waals surface area contributed by atoms with Gasteiger partial charge in [-0.15, -0.1) is 11.3 Å². The predicted octanol–water partition coefficient (Wildman–Crippen LogP) is 5.53. The summed E-state index contributed by atoms with van der Waals surface area (Å²) in [5.41, 5.74) is 2.92. The summed E-state index contributed by atoms with van der Waals surface area (Å²) >= 11 is 7.53. The van der Waals surface area contributed by atoms with Crippen molar-refractivity contribution < 1.29 is 4.79 Å². The van der Waals surface area contributed by atoms with Crippen LogP contribution in [0.4, 0.5) is 5.69 Å². The Morgan fingerprint density at radius 1 is 1.08 bits per heavy atom. The lowest BCUT2D eigenvalue weighted by molar-refractivity contribution is -0.120. The van der Waals surface area contributed by atoms with Crippen molar-refractivity contribution in [1.29, 1.82) is 0 Å². The van der Waals surface area contributed by atoms with Crippen LogP contribution in [0.2, 0.25) is 4.34 Å². The van der Waals surface area contributed by atoms with E-state index >= 15 is 0 Å². The molecule has 0 saturated carbocycles. The summed E-state index contributed by atoms with van der Waals surface area (Å²) in [6, 6.07) is 21.6. The molecule has 1 heterocycles. The quantitative estimate of drug-likeness (QED) is 0.606. The van der Waals surface area contributed by atoms with Crippen molar-refractivity contribution in [2.45, 2.75) is 19.5 Å². The summed E-state index contributed by atoms with van der Waals surface area (Å²) in [6.45, 7) is 2.60. The summed E-state index contributed by atoms with van der Waals surface area (Å²) in [5.74, 6) is -0.0291. The van der Waals surface area contributed by atoms with Crippen molar-refractivity contribution in [2.75, 3.05) is 12.4 Å². The Morgan fingerprint density at radius 3 is 2.46 bits per heavy atom. The zero-order chi connectivity index (χ0) is 18.5. The highest BCUT2D eigenvalue weighted by atomic mass is 35.5. The Labute approximate surface area is 163 Å². The lowest BCUT2D eigenvalue weighted by Gasteiger charge is -2.24. The minimum absolute atomic E-state index is 0.0291. The number of benzene rings is 2. The molecule has 0 unspecified atom stereocenters. The summed E-state index contributed by atoms with van der Waals surface area (Å²) in [7, 11) is 1.95. The van der Waals surface area contributed by atoms with Crippen LogP contribution >= 0.6 is 22.9 Å². The maximum Gasteiger partial charge on any atom is 0.241 e. The minimum Gasteiger partial charge on any atom is -0.324 e. The van der Waals surface area contributed by atoms with Crippen LogP contribution in [0.1, 0.15) is 11.8 Å². The van der Waals surface area contributed by atoms with Gasteiger partial charge in [-0.2, -0.15) is 0 Å². The molecule has 0 spiro atoms. The van der Waals surface area contributed by atoms with Crippen LogP contribution < -0.4 is 5.32 Å². The van der Waals surface area contributed by atoms with E-state index in [9.17, 15) is 4.79 Å². The molecule has 0 saturated heterocycles. The van der Waals surface area contributed by atoms with Crippen LogP contribution in [0.5, 0.6) is 0 Å². The van der Waals surface area contributed by atoms with Crippen molar-refractivity contribution >= 4 is 34.5 Å². The van der Waals surface area contributed by atoms with Gasteiger partial charge in [-0.1, -0.05) is 60.1 Å². The van der Waals surface area contributed by atoms with Gasteiger partial charge in [-0.3, -0.25) is 9.69 Å². The van der Waals surface area contributed by atoms with Gasteiger partial charge >= 0.3 is 0 Å². The van der Waals surface area contributed by atoms with Crippen LogP contribution in [0.3, 0.4) is 0 Å². The maximum atomic E-state index is 12.8. The zero-order valence-electron chi connectivity index (χ0n) is 14.8. The Bertz CT molecular complexity index is 878. The highest BCUT2D eigenvalue weighted by molar-refractivity contribution is 7.16. The van der Waals surface area contributed by atoms with E-state index in [1.54, 1.807) is 11.3 Å². The van der Waals surface area contributed by atoms with E-state index in [1.165, 1.54) is 0 Å². The molecule has 0 aliphatic heterocycles. The predicted molar refractivity (Wildman–Crippen MR) is 111 cm³/mol. The van der Waals surface area contributed by atoms with E-state index in [-0.39, 0.29) is 11.9 Å². The minimum atomic E-state index is -0.264. The number of carbonyl (C=O) groups is 1. The Morgan fingerprint density at radius 2 is 1.77 bits per heavy atom. The largest absolute Gasteiger partial charge is 0.324 e. The molecule has 134 valence electrons. The number of likely N-dealkylation sites (N-methyl/N-ethyl adjacent to an activating group) is 1. The number of nitrogens with one attached hydrogen (secondary N) is 1. The number of thiophene rings is 1. The molecule has 0 bridgehead atoms. The Kier molecular flexibility index (Phi) is 6.09. The molecule has 3 nitrogen and oxygen atoms in total. The molecule has 1 aromatic heterocycles. The van der Waals surface area contributed by atoms with Crippen molar-refractivity contribution in [3.05, 3.63) is 75.9 Å². The van der Waals surface area contributed by atoms with Gasteiger partial charge in [0.1, 0.15) is 0 Å². The molecule has 5 heteroatoms. The van der Waals surface area contributed by atoms with Crippen LogP contribution in [0.25, 0.3) is 11.1 Å². The number of rotatable bonds is 6. The van der Waals surface area contributed by atoms with Crippen molar-refractivity contribution in [1.82, 2.24) is 4.90 Å². The average molecular weight is 385 g/mol. The standard InChI is InChI=1S/C21H21ClN2OS/c1-15(24(2)14-17-12-13-20(22)26-17)21(25)23-19-11-7-6-10-18(19)16-8-4-3-5-9-16/h3-13,15H,14H2,1-2H3,(H,23,25)/t15-/m1/s1. The number of amides is 1. The molecule has 1 amide bonds. The molecule has 26 heavy (non-hydrogen) atoms. The highest BCUT2D eigenvalue weighted by Crippen LogP contribution is 2.28. The van der Waals surface area contributed by atoms with Gasteiger partial charge in [0.2, 0.25) is 5.91 Å².